The third-order valence-corrected chi connectivity index (χ3v) is 2.31. The van der Waals surface area contributed by atoms with Gasteiger partial charge in [-0.2, -0.15) is 0 Å². The molecule has 2 N–H and O–H groups in total. The van der Waals surface area contributed by atoms with Gasteiger partial charge >= 0.3 is 5.97 Å². The van der Waals surface area contributed by atoms with Crippen molar-refractivity contribution in [1.29, 1.82) is 0 Å². The third kappa shape index (κ3) is 4.67. The van der Waals surface area contributed by atoms with E-state index in [0.29, 0.717) is 24.8 Å². The Labute approximate surface area is 106 Å². The van der Waals surface area contributed by atoms with Crippen LogP contribution < -0.4 is 5.32 Å². The smallest absolute Gasteiger partial charge is 0.339 e. The number of nitrogens with zero attached hydrogens (tertiary/aromatic N) is 2. The first-order valence-corrected chi connectivity index (χ1v) is 6.03. The van der Waals surface area contributed by atoms with E-state index >= 15 is 0 Å². The number of aromatic carboxylic acids is 1. The minimum Gasteiger partial charge on any atom is -0.478 e. The van der Waals surface area contributed by atoms with Crippen LogP contribution >= 0.6 is 0 Å². The lowest BCUT2D eigenvalue weighted by Gasteiger charge is -2.06. The van der Waals surface area contributed by atoms with Gasteiger partial charge in [-0.05, 0) is 19.8 Å². The molecule has 1 rings (SSSR count). The van der Waals surface area contributed by atoms with Crippen molar-refractivity contribution in [3.05, 3.63) is 17.5 Å². The van der Waals surface area contributed by atoms with Crippen molar-refractivity contribution in [3.63, 3.8) is 0 Å². The fourth-order valence-corrected chi connectivity index (χ4v) is 1.38. The molecular formula is C12H19N3O3. The Morgan fingerprint density at radius 1 is 1.50 bits per heavy atom. The second kappa shape index (κ2) is 7.60. The van der Waals surface area contributed by atoms with Gasteiger partial charge in [0, 0.05) is 26.0 Å². The van der Waals surface area contributed by atoms with Gasteiger partial charge in [-0.15, -0.1) is 0 Å². The number of anilines is 1. The van der Waals surface area contributed by atoms with Gasteiger partial charge in [0.05, 0.1) is 11.3 Å². The standard InChI is InChI=1S/C12H19N3O3/c1-3-6-18-7-4-5-13-12-14-8-10(11(16)17)9(2)15-12/h8H,3-7H2,1-2H3,(H,16,17)(H,13,14,15). The van der Waals surface area contributed by atoms with Crippen molar-refractivity contribution in [2.24, 2.45) is 0 Å². The van der Waals surface area contributed by atoms with Crippen molar-refractivity contribution >= 4 is 11.9 Å². The van der Waals surface area contributed by atoms with Gasteiger partial charge in [0.25, 0.3) is 0 Å². The number of hydrogen-bond donors (Lipinski definition) is 2. The van der Waals surface area contributed by atoms with Gasteiger partial charge in [-0.25, -0.2) is 14.8 Å². The Bertz CT molecular complexity index is 396. The Balaban J connectivity index is 2.35. The molecule has 0 fully saturated rings. The van der Waals surface area contributed by atoms with E-state index in [1.807, 2.05) is 0 Å². The van der Waals surface area contributed by atoms with Crippen LogP contribution in [0, 0.1) is 6.92 Å². The Kier molecular flexibility index (Phi) is 6.07. The van der Waals surface area contributed by atoms with Gasteiger partial charge in [0.2, 0.25) is 5.95 Å². The summed E-state index contributed by atoms with van der Waals surface area (Å²) >= 11 is 0. The van der Waals surface area contributed by atoms with Crippen LogP contribution in [0.2, 0.25) is 0 Å². The van der Waals surface area contributed by atoms with E-state index in [-0.39, 0.29) is 5.56 Å². The number of carboxylic acids is 1. The Morgan fingerprint density at radius 2 is 2.28 bits per heavy atom. The van der Waals surface area contributed by atoms with Crippen molar-refractivity contribution < 1.29 is 14.6 Å². The number of aromatic nitrogens is 2. The molecule has 6 heteroatoms. The zero-order valence-corrected chi connectivity index (χ0v) is 10.8. The molecule has 100 valence electrons. The van der Waals surface area contributed by atoms with E-state index in [9.17, 15) is 4.79 Å². The number of rotatable bonds is 8. The molecule has 18 heavy (non-hydrogen) atoms. The monoisotopic (exact) mass is 253 g/mol. The summed E-state index contributed by atoms with van der Waals surface area (Å²) in [6.07, 6.45) is 3.20. The molecule has 0 amide bonds. The van der Waals surface area contributed by atoms with Crippen LogP contribution in [0.5, 0.6) is 0 Å². The Morgan fingerprint density at radius 3 is 2.89 bits per heavy atom. The zero-order valence-electron chi connectivity index (χ0n) is 10.8. The van der Waals surface area contributed by atoms with Crippen LogP contribution in [-0.2, 0) is 4.74 Å². The van der Waals surface area contributed by atoms with E-state index in [0.717, 1.165) is 19.4 Å². The van der Waals surface area contributed by atoms with E-state index < -0.39 is 5.97 Å². The van der Waals surface area contributed by atoms with Crippen molar-refractivity contribution in [2.75, 3.05) is 25.1 Å². The second-order valence-corrected chi connectivity index (χ2v) is 3.89. The maximum atomic E-state index is 10.8. The molecule has 1 aromatic rings. The van der Waals surface area contributed by atoms with E-state index in [2.05, 4.69) is 22.2 Å². The van der Waals surface area contributed by atoms with Gasteiger partial charge in [-0.3, -0.25) is 0 Å². The predicted molar refractivity (Wildman–Crippen MR) is 67.9 cm³/mol. The fraction of sp³-hybridized carbons (Fsp3) is 0.583. The SMILES string of the molecule is CCCOCCCNc1ncc(C(=O)O)c(C)n1. The molecule has 6 nitrogen and oxygen atoms in total. The molecule has 0 unspecified atom stereocenters. The molecule has 0 radical (unpaired) electrons. The molecular weight excluding hydrogens is 234 g/mol. The quantitative estimate of drug-likeness (QED) is 0.686. The number of nitrogens with one attached hydrogen (secondary N) is 1. The molecule has 1 aromatic heterocycles. The largest absolute Gasteiger partial charge is 0.478 e. The lowest BCUT2D eigenvalue weighted by molar-refractivity contribution is 0.0695. The first kappa shape index (κ1) is 14.4. The number of ether oxygens (including phenoxy) is 1. The van der Waals surface area contributed by atoms with Crippen LogP contribution in [0.3, 0.4) is 0 Å². The first-order valence-electron chi connectivity index (χ1n) is 6.03. The molecule has 0 spiro atoms. The third-order valence-electron chi connectivity index (χ3n) is 2.31. The first-order chi connectivity index (χ1) is 8.65. The molecule has 0 bridgehead atoms. The van der Waals surface area contributed by atoms with Gasteiger partial charge in [0.1, 0.15) is 0 Å². The van der Waals surface area contributed by atoms with Crippen molar-refractivity contribution in [3.8, 4) is 0 Å². The van der Waals surface area contributed by atoms with Gasteiger partial charge in [-0.1, -0.05) is 6.92 Å². The van der Waals surface area contributed by atoms with Gasteiger partial charge in [0.15, 0.2) is 0 Å². The summed E-state index contributed by atoms with van der Waals surface area (Å²) in [6.45, 7) is 5.91. The molecule has 1 heterocycles. The van der Waals surface area contributed by atoms with Crippen molar-refractivity contribution in [2.45, 2.75) is 26.7 Å². The molecule has 0 aliphatic rings. The number of carbonyl (C=O) groups is 1. The van der Waals surface area contributed by atoms with Crippen molar-refractivity contribution in [1.82, 2.24) is 9.97 Å². The molecule has 0 saturated heterocycles. The Hall–Kier alpha value is -1.69. The summed E-state index contributed by atoms with van der Waals surface area (Å²) in [6, 6.07) is 0. The lowest BCUT2D eigenvalue weighted by Crippen LogP contribution is -2.11. The summed E-state index contributed by atoms with van der Waals surface area (Å²) in [5.41, 5.74) is 0.592. The van der Waals surface area contributed by atoms with E-state index in [4.69, 9.17) is 9.84 Å². The second-order valence-electron chi connectivity index (χ2n) is 3.89. The molecule has 0 saturated carbocycles. The van der Waals surface area contributed by atoms with Crippen LogP contribution in [-0.4, -0.2) is 40.8 Å². The molecule has 0 aromatic carbocycles. The summed E-state index contributed by atoms with van der Waals surface area (Å²) in [5.74, 6) is -0.556. The number of carboxylic acid groups (broad SMARTS) is 1. The topological polar surface area (TPSA) is 84.3 Å². The highest BCUT2D eigenvalue weighted by atomic mass is 16.5. The normalized spacial score (nSPS) is 10.3. The summed E-state index contributed by atoms with van der Waals surface area (Å²) in [4.78, 5) is 18.8. The lowest BCUT2D eigenvalue weighted by atomic mass is 10.2. The fourth-order valence-electron chi connectivity index (χ4n) is 1.38. The predicted octanol–water partition coefficient (Wildman–Crippen LogP) is 1.71. The highest BCUT2D eigenvalue weighted by molar-refractivity contribution is 5.88. The maximum Gasteiger partial charge on any atom is 0.339 e. The van der Waals surface area contributed by atoms with Crippen LogP contribution in [0.15, 0.2) is 6.20 Å². The molecule has 0 atom stereocenters. The highest BCUT2D eigenvalue weighted by Crippen LogP contribution is 2.06. The van der Waals surface area contributed by atoms with E-state index in [1.165, 1.54) is 6.20 Å². The highest BCUT2D eigenvalue weighted by Gasteiger charge is 2.09. The molecule has 0 aliphatic carbocycles. The average Bonchev–Trinajstić information content (AvgIpc) is 2.33. The van der Waals surface area contributed by atoms with Gasteiger partial charge < -0.3 is 15.2 Å². The zero-order chi connectivity index (χ0) is 13.4. The van der Waals surface area contributed by atoms with E-state index in [1.54, 1.807) is 6.92 Å². The van der Waals surface area contributed by atoms with Crippen LogP contribution in [0.4, 0.5) is 5.95 Å². The summed E-state index contributed by atoms with van der Waals surface area (Å²) < 4.78 is 5.34. The van der Waals surface area contributed by atoms with Crippen LogP contribution in [0.25, 0.3) is 0 Å². The maximum absolute atomic E-state index is 10.8. The number of hydrogen-bond acceptors (Lipinski definition) is 5. The summed E-state index contributed by atoms with van der Waals surface area (Å²) in [7, 11) is 0. The van der Waals surface area contributed by atoms with Crippen LogP contribution in [0.1, 0.15) is 35.8 Å². The average molecular weight is 253 g/mol. The minimum atomic E-state index is -1.01. The molecule has 0 aliphatic heterocycles. The summed E-state index contributed by atoms with van der Waals surface area (Å²) in [5, 5.41) is 11.9. The number of aryl methyl sites for hydroxylation is 1. The minimum absolute atomic E-state index is 0.131.